The third-order valence-electron chi connectivity index (χ3n) is 2.51. The number of ether oxygens (including phenoxy) is 2. The Hall–Kier alpha value is -1.02. The van der Waals surface area contributed by atoms with E-state index < -0.39 is 29.3 Å². The lowest BCUT2D eigenvalue weighted by Crippen LogP contribution is -2.52. The summed E-state index contributed by atoms with van der Waals surface area (Å²) in [7, 11) is 0. The maximum atomic E-state index is 13.0. The molecule has 1 aliphatic rings. The highest BCUT2D eigenvalue weighted by Crippen LogP contribution is 2.49. The van der Waals surface area contributed by atoms with E-state index in [1.165, 1.54) is 13.8 Å². The monoisotopic (exact) mass is 344 g/mol. The number of alkyl halides is 4. The molecule has 0 fully saturated rings. The first-order valence-electron chi connectivity index (χ1n) is 5.14. The maximum absolute atomic E-state index is 13.0. The first-order valence-corrected chi connectivity index (χ1v) is 5.93. The summed E-state index contributed by atoms with van der Waals surface area (Å²) in [4.78, 5) is 0. The molecule has 0 amide bonds. The van der Waals surface area contributed by atoms with Gasteiger partial charge in [-0.3, -0.25) is 0 Å². The minimum Gasteiger partial charge on any atom is -0.421 e. The number of aliphatic hydroxyl groups is 1. The molecule has 19 heavy (non-hydrogen) atoms. The molecule has 0 saturated heterocycles. The van der Waals surface area contributed by atoms with Gasteiger partial charge >= 0.3 is 12.2 Å². The maximum Gasteiger partial charge on any atom is 0.507 e. The lowest BCUT2D eigenvalue weighted by molar-refractivity contribution is -0.391. The highest BCUT2D eigenvalue weighted by molar-refractivity contribution is 9.10. The molecule has 106 valence electrons. The normalized spacial score (nSPS) is 20.2. The van der Waals surface area contributed by atoms with Crippen molar-refractivity contribution in [1.82, 2.24) is 0 Å². The van der Waals surface area contributed by atoms with Gasteiger partial charge in [0.2, 0.25) is 0 Å². The average Bonchev–Trinajstić information content (AvgIpc) is 2.17. The van der Waals surface area contributed by atoms with E-state index in [1.54, 1.807) is 0 Å². The molecule has 0 spiro atoms. The first-order chi connectivity index (χ1) is 8.44. The van der Waals surface area contributed by atoms with Crippen molar-refractivity contribution in [1.29, 1.82) is 0 Å². The van der Waals surface area contributed by atoms with Gasteiger partial charge in [0, 0.05) is 10.0 Å². The highest BCUT2D eigenvalue weighted by atomic mass is 79.9. The summed E-state index contributed by atoms with van der Waals surface area (Å²) < 4.78 is 60.2. The summed E-state index contributed by atoms with van der Waals surface area (Å²) >= 11 is 3.05. The predicted octanol–water partition coefficient (Wildman–Crippen LogP) is 3.63. The van der Waals surface area contributed by atoms with Crippen LogP contribution in [0.1, 0.15) is 19.4 Å². The SMILES string of the molecule is CC(C)(O)c1cc2c(cc1Br)OC(F)(F)C(F)(F)O2. The van der Waals surface area contributed by atoms with Crippen LogP contribution in [0, 0.1) is 0 Å². The van der Waals surface area contributed by atoms with E-state index in [4.69, 9.17) is 0 Å². The molecule has 8 heteroatoms. The number of benzene rings is 1. The summed E-state index contributed by atoms with van der Waals surface area (Å²) in [6.45, 7) is 2.83. The zero-order chi connectivity index (χ0) is 14.6. The fourth-order valence-corrected chi connectivity index (χ4v) is 2.37. The molecule has 0 unspecified atom stereocenters. The third kappa shape index (κ3) is 2.38. The molecule has 0 radical (unpaired) electrons. The van der Waals surface area contributed by atoms with E-state index in [2.05, 4.69) is 25.4 Å². The fourth-order valence-electron chi connectivity index (χ4n) is 1.56. The Morgan fingerprint density at radius 1 is 1.05 bits per heavy atom. The number of halogens is 5. The summed E-state index contributed by atoms with van der Waals surface area (Å²) in [5.41, 5.74) is -1.16. The zero-order valence-corrected chi connectivity index (χ0v) is 11.4. The zero-order valence-electron chi connectivity index (χ0n) is 9.81. The van der Waals surface area contributed by atoms with Gasteiger partial charge in [-0.15, -0.1) is 0 Å². The number of rotatable bonds is 1. The number of fused-ring (bicyclic) bond motifs is 1. The second kappa shape index (κ2) is 3.99. The minimum absolute atomic E-state index is 0.205. The topological polar surface area (TPSA) is 38.7 Å². The molecule has 1 heterocycles. The molecule has 1 aromatic rings. The summed E-state index contributed by atoms with van der Waals surface area (Å²) in [5, 5.41) is 9.84. The molecule has 0 bridgehead atoms. The molecule has 0 atom stereocenters. The van der Waals surface area contributed by atoms with Gasteiger partial charge in [0.25, 0.3) is 0 Å². The van der Waals surface area contributed by atoms with Gasteiger partial charge in [-0.25, -0.2) is 0 Å². The van der Waals surface area contributed by atoms with Crippen molar-refractivity contribution in [2.75, 3.05) is 0 Å². The number of hydrogen-bond donors (Lipinski definition) is 1. The van der Waals surface area contributed by atoms with Gasteiger partial charge in [0.15, 0.2) is 11.5 Å². The Morgan fingerprint density at radius 3 is 1.89 bits per heavy atom. The molecule has 2 rings (SSSR count). The Kier molecular flexibility index (Phi) is 3.02. The Morgan fingerprint density at radius 2 is 1.47 bits per heavy atom. The van der Waals surface area contributed by atoms with Crippen molar-refractivity contribution < 1.29 is 32.1 Å². The van der Waals surface area contributed by atoms with E-state index in [1.807, 2.05) is 0 Å². The molecule has 0 aromatic heterocycles. The van der Waals surface area contributed by atoms with Gasteiger partial charge in [0.1, 0.15) is 0 Å². The largest absolute Gasteiger partial charge is 0.507 e. The van der Waals surface area contributed by atoms with Crippen molar-refractivity contribution in [3.05, 3.63) is 22.2 Å². The first kappa shape index (κ1) is 14.4. The second-order valence-electron chi connectivity index (χ2n) is 4.58. The molecular weight excluding hydrogens is 336 g/mol. The van der Waals surface area contributed by atoms with E-state index in [0.29, 0.717) is 0 Å². The van der Waals surface area contributed by atoms with Gasteiger partial charge in [-0.2, -0.15) is 17.6 Å². The Balaban J connectivity index is 2.55. The van der Waals surface area contributed by atoms with Crippen molar-refractivity contribution in [3.63, 3.8) is 0 Å². The quantitative estimate of drug-likeness (QED) is 0.790. The Bertz CT molecular complexity index is 525. The molecule has 0 aliphatic carbocycles. The van der Waals surface area contributed by atoms with E-state index in [9.17, 15) is 22.7 Å². The van der Waals surface area contributed by atoms with Crippen LogP contribution in [0.25, 0.3) is 0 Å². The smallest absolute Gasteiger partial charge is 0.421 e. The standard InChI is InChI=1S/C11H9BrF4O3/c1-9(2,17)5-3-7-8(4-6(5)12)19-11(15,16)10(13,14)18-7/h3-4,17H,1-2H3. The third-order valence-corrected chi connectivity index (χ3v) is 3.16. The van der Waals surface area contributed by atoms with Crippen LogP contribution < -0.4 is 9.47 Å². The summed E-state index contributed by atoms with van der Waals surface area (Å²) in [6.07, 6.45) is -9.53. The number of hydrogen-bond acceptors (Lipinski definition) is 3. The van der Waals surface area contributed by atoms with Gasteiger partial charge in [0.05, 0.1) is 5.60 Å². The van der Waals surface area contributed by atoms with Gasteiger partial charge in [-0.05, 0) is 26.0 Å². The van der Waals surface area contributed by atoms with Crippen LogP contribution in [0.2, 0.25) is 0 Å². The highest BCUT2D eigenvalue weighted by Gasteiger charge is 2.66. The van der Waals surface area contributed by atoms with E-state index >= 15 is 0 Å². The van der Waals surface area contributed by atoms with Crippen LogP contribution in [0.5, 0.6) is 11.5 Å². The van der Waals surface area contributed by atoms with Crippen LogP contribution >= 0.6 is 15.9 Å². The summed E-state index contributed by atoms with van der Waals surface area (Å²) in [6, 6.07) is 2.08. The van der Waals surface area contributed by atoms with Crippen molar-refractivity contribution in [2.24, 2.45) is 0 Å². The van der Waals surface area contributed by atoms with Crippen LogP contribution in [0.15, 0.2) is 16.6 Å². The minimum atomic E-state index is -4.77. The molecule has 1 aromatic carbocycles. The van der Waals surface area contributed by atoms with Crippen LogP contribution in [0.3, 0.4) is 0 Å². The molecule has 1 N–H and O–H groups in total. The molecule has 0 saturated carbocycles. The molecule has 3 nitrogen and oxygen atoms in total. The lowest BCUT2D eigenvalue weighted by atomic mass is 9.98. The predicted molar refractivity (Wildman–Crippen MR) is 60.5 cm³/mol. The molecule has 1 aliphatic heterocycles. The van der Waals surface area contributed by atoms with Crippen LogP contribution in [-0.4, -0.2) is 17.3 Å². The second-order valence-corrected chi connectivity index (χ2v) is 5.43. The van der Waals surface area contributed by atoms with E-state index in [-0.39, 0.29) is 10.0 Å². The Labute approximate surface area is 114 Å². The average molecular weight is 345 g/mol. The van der Waals surface area contributed by atoms with Crippen LogP contribution in [0.4, 0.5) is 17.6 Å². The molecular formula is C11H9BrF4O3. The van der Waals surface area contributed by atoms with Crippen molar-refractivity contribution >= 4 is 15.9 Å². The van der Waals surface area contributed by atoms with Crippen molar-refractivity contribution in [3.8, 4) is 11.5 Å². The van der Waals surface area contributed by atoms with Crippen molar-refractivity contribution in [2.45, 2.75) is 31.7 Å². The van der Waals surface area contributed by atoms with Crippen LogP contribution in [-0.2, 0) is 5.60 Å². The fraction of sp³-hybridized carbons (Fsp3) is 0.455. The lowest BCUT2D eigenvalue weighted by Gasteiger charge is -2.33. The summed E-state index contributed by atoms with van der Waals surface area (Å²) in [5.74, 6) is -1.09. The van der Waals surface area contributed by atoms with Gasteiger partial charge < -0.3 is 14.6 Å². The van der Waals surface area contributed by atoms with Gasteiger partial charge in [-0.1, -0.05) is 15.9 Å². The van der Waals surface area contributed by atoms with E-state index in [0.717, 1.165) is 12.1 Å².